The maximum Gasteiger partial charge on any atom is 0.0718 e. The highest BCUT2D eigenvalue weighted by Gasteiger charge is 2.22. The van der Waals surface area contributed by atoms with E-state index in [9.17, 15) is 0 Å². The molecule has 0 radical (unpaired) electrons. The fraction of sp³-hybridized carbons (Fsp3) is 0.400. The summed E-state index contributed by atoms with van der Waals surface area (Å²) < 4.78 is 2.17. The lowest BCUT2D eigenvalue weighted by molar-refractivity contribution is 0.643. The zero-order valence-electron chi connectivity index (χ0n) is 10.8. The van der Waals surface area contributed by atoms with Crippen molar-refractivity contribution in [3.8, 4) is 11.1 Å². The Morgan fingerprint density at radius 1 is 1.33 bits per heavy atom. The molecule has 2 aromatic rings. The van der Waals surface area contributed by atoms with Gasteiger partial charge in [0.05, 0.1) is 5.69 Å². The molecule has 1 aromatic carbocycles. The summed E-state index contributed by atoms with van der Waals surface area (Å²) in [6, 6.07) is 8.56. The van der Waals surface area contributed by atoms with Crippen LogP contribution in [0, 0.1) is 6.92 Å². The van der Waals surface area contributed by atoms with E-state index in [0.717, 1.165) is 19.4 Å². The first-order valence-electron chi connectivity index (χ1n) is 6.66. The lowest BCUT2D eigenvalue weighted by Gasteiger charge is -2.07. The second kappa shape index (κ2) is 4.58. The zero-order valence-corrected chi connectivity index (χ0v) is 10.8. The van der Waals surface area contributed by atoms with Crippen molar-refractivity contribution in [2.45, 2.75) is 32.7 Å². The van der Waals surface area contributed by atoms with Crippen molar-refractivity contribution in [1.82, 2.24) is 9.78 Å². The topological polar surface area (TPSA) is 43.8 Å². The van der Waals surface area contributed by atoms with Crippen molar-refractivity contribution in [2.75, 3.05) is 6.54 Å². The SMILES string of the molecule is Cc1ccccc1-c1c(CCN)nn2c1CCC2. The van der Waals surface area contributed by atoms with Crippen LogP contribution in [0.5, 0.6) is 0 Å². The number of nitrogens with zero attached hydrogens (tertiary/aromatic N) is 2. The van der Waals surface area contributed by atoms with Crippen molar-refractivity contribution in [3.05, 3.63) is 41.2 Å². The van der Waals surface area contributed by atoms with E-state index in [1.165, 1.54) is 34.5 Å². The van der Waals surface area contributed by atoms with E-state index in [1.54, 1.807) is 0 Å². The van der Waals surface area contributed by atoms with Crippen LogP contribution in [0.4, 0.5) is 0 Å². The molecule has 0 unspecified atom stereocenters. The summed E-state index contributed by atoms with van der Waals surface area (Å²) in [6.45, 7) is 3.88. The van der Waals surface area contributed by atoms with E-state index in [0.29, 0.717) is 6.54 Å². The highest BCUT2D eigenvalue weighted by atomic mass is 15.3. The molecule has 0 aliphatic carbocycles. The van der Waals surface area contributed by atoms with Crippen LogP contribution >= 0.6 is 0 Å². The maximum atomic E-state index is 5.72. The number of aryl methyl sites for hydroxylation is 2. The number of hydrogen-bond acceptors (Lipinski definition) is 2. The van der Waals surface area contributed by atoms with Crippen molar-refractivity contribution in [1.29, 1.82) is 0 Å². The third-order valence-electron chi connectivity index (χ3n) is 3.71. The quantitative estimate of drug-likeness (QED) is 0.896. The maximum absolute atomic E-state index is 5.72. The molecule has 0 saturated carbocycles. The van der Waals surface area contributed by atoms with E-state index in [1.807, 2.05) is 0 Å². The molecule has 0 bridgehead atoms. The highest BCUT2D eigenvalue weighted by Crippen LogP contribution is 2.33. The van der Waals surface area contributed by atoms with Crippen LogP contribution in [0.3, 0.4) is 0 Å². The highest BCUT2D eigenvalue weighted by molar-refractivity contribution is 5.72. The first-order chi connectivity index (χ1) is 8.81. The number of rotatable bonds is 3. The number of aromatic nitrogens is 2. The summed E-state index contributed by atoms with van der Waals surface area (Å²) in [5.41, 5.74) is 12.3. The molecule has 2 N–H and O–H groups in total. The average Bonchev–Trinajstić information content (AvgIpc) is 2.91. The van der Waals surface area contributed by atoms with Gasteiger partial charge in [-0.2, -0.15) is 5.10 Å². The van der Waals surface area contributed by atoms with Gasteiger partial charge in [-0.3, -0.25) is 4.68 Å². The molecule has 1 aliphatic heterocycles. The number of fused-ring (bicyclic) bond motifs is 1. The minimum absolute atomic E-state index is 0.662. The van der Waals surface area contributed by atoms with Crippen molar-refractivity contribution in [3.63, 3.8) is 0 Å². The predicted octanol–water partition coefficient (Wildman–Crippen LogP) is 2.31. The summed E-state index contributed by atoms with van der Waals surface area (Å²) in [5.74, 6) is 0. The minimum atomic E-state index is 0.662. The number of nitrogens with two attached hydrogens (primary N) is 1. The molecule has 0 amide bonds. The molecule has 0 fully saturated rings. The van der Waals surface area contributed by atoms with Gasteiger partial charge in [-0.1, -0.05) is 24.3 Å². The van der Waals surface area contributed by atoms with Gasteiger partial charge in [0.15, 0.2) is 0 Å². The smallest absolute Gasteiger partial charge is 0.0718 e. The fourth-order valence-electron chi connectivity index (χ4n) is 2.86. The molecule has 1 aromatic heterocycles. The minimum Gasteiger partial charge on any atom is -0.330 e. The molecule has 1 aliphatic rings. The van der Waals surface area contributed by atoms with Crippen molar-refractivity contribution in [2.24, 2.45) is 5.73 Å². The predicted molar refractivity (Wildman–Crippen MR) is 73.5 cm³/mol. The van der Waals surface area contributed by atoms with Crippen LogP contribution in [-0.2, 0) is 19.4 Å². The summed E-state index contributed by atoms with van der Waals surface area (Å²) in [5, 5.41) is 4.73. The summed E-state index contributed by atoms with van der Waals surface area (Å²) >= 11 is 0. The fourth-order valence-corrected chi connectivity index (χ4v) is 2.86. The Morgan fingerprint density at radius 2 is 2.17 bits per heavy atom. The van der Waals surface area contributed by atoms with Gasteiger partial charge in [-0.05, 0) is 37.4 Å². The van der Waals surface area contributed by atoms with Crippen molar-refractivity contribution >= 4 is 0 Å². The Labute approximate surface area is 108 Å². The lowest BCUT2D eigenvalue weighted by atomic mass is 9.96. The van der Waals surface area contributed by atoms with Gasteiger partial charge < -0.3 is 5.73 Å². The van der Waals surface area contributed by atoms with Gasteiger partial charge >= 0.3 is 0 Å². The third kappa shape index (κ3) is 1.75. The monoisotopic (exact) mass is 241 g/mol. The van der Waals surface area contributed by atoms with Gasteiger partial charge in [0.25, 0.3) is 0 Å². The molecular formula is C15H19N3. The van der Waals surface area contributed by atoms with Gasteiger partial charge in [0.1, 0.15) is 0 Å². The van der Waals surface area contributed by atoms with E-state index >= 15 is 0 Å². The van der Waals surface area contributed by atoms with Crippen molar-refractivity contribution < 1.29 is 0 Å². The molecule has 0 atom stereocenters. The molecule has 94 valence electrons. The summed E-state index contributed by atoms with van der Waals surface area (Å²) in [7, 11) is 0. The Balaban J connectivity index is 2.18. The van der Waals surface area contributed by atoms with E-state index in [4.69, 9.17) is 10.8 Å². The molecule has 3 nitrogen and oxygen atoms in total. The first-order valence-corrected chi connectivity index (χ1v) is 6.66. The molecule has 2 heterocycles. The van der Waals surface area contributed by atoms with Crippen LogP contribution in [-0.4, -0.2) is 16.3 Å². The molecule has 0 spiro atoms. The first kappa shape index (κ1) is 11.5. The van der Waals surface area contributed by atoms with Gasteiger partial charge in [0.2, 0.25) is 0 Å². The number of benzene rings is 1. The van der Waals surface area contributed by atoms with Gasteiger partial charge in [0, 0.05) is 24.2 Å². The van der Waals surface area contributed by atoms with Crippen LogP contribution < -0.4 is 5.73 Å². The van der Waals surface area contributed by atoms with Crippen LogP contribution in [0.1, 0.15) is 23.4 Å². The standard InChI is InChI=1S/C15H19N3/c1-11-5-2-3-6-12(11)15-13(8-9-16)17-18-10-4-7-14(15)18/h2-3,5-6H,4,7-10,16H2,1H3. The van der Waals surface area contributed by atoms with E-state index in [2.05, 4.69) is 35.9 Å². The van der Waals surface area contributed by atoms with Crippen LogP contribution in [0.2, 0.25) is 0 Å². The Hall–Kier alpha value is -1.61. The zero-order chi connectivity index (χ0) is 12.5. The Kier molecular flexibility index (Phi) is 2.92. The molecule has 18 heavy (non-hydrogen) atoms. The van der Waals surface area contributed by atoms with Gasteiger partial charge in [-0.25, -0.2) is 0 Å². The second-order valence-electron chi connectivity index (χ2n) is 4.95. The Morgan fingerprint density at radius 3 is 2.94 bits per heavy atom. The molecular weight excluding hydrogens is 222 g/mol. The van der Waals surface area contributed by atoms with Crippen LogP contribution in [0.15, 0.2) is 24.3 Å². The van der Waals surface area contributed by atoms with E-state index < -0.39 is 0 Å². The summed E-state index contributed by atoms with van der Waals surface area (Å²) in [6.07, 6.45) is 3.22. The van der Waals surface area contributed by atoms with Gasteiger partial charge in [-0.15, -0.1) is 0 Å². The third-order valence-corrected chi connectivity index (χ3v) is 3.71. The Bertz CT molecular complexity index is 569. The second-order valence-corrected chi connectivity index (χ2v) is 4.95. The van der Waals surface area contributed by atoms with Crippen LogP contribution in [0.25, 0.3) is 11.1 Å². The largest absolute Gasteiger partial charge is 0.330 e. The molecule has 0 saturated heterocycles. The molecule has 3 rings (SSSR count). The normalized spacial score (nSPS) is 13.9. The lowest BCUT2D eigenvalue weighted by Crippen LogP contribution is -2.05. The number of hydrogen-bond donors (Lipinski definition) is 1. The average molecular weight is 241 g/mol. The molecule has 3 heteroatoms. The van der Waals surface area contributed by atoms with E-state index in [-0.39, 0.29) is 0 Å². The summed E-state index contributed by atoms with van der Waals surface area (Å²) in [4.78, 5) is 0.